The van der Waals surface area contributed by atoms with Crippen molar-refractivity contribution in [3.05, 3.63) is 17.3 Å². The van der Waals surface area contributed by atoms with Gasteiger partial charge in [-0.2, -0.15) is 20.3 Å². The first-order chi connectivity index (χ1) is 20.5. The van der Waals surface area contributed by atoms with Crippen LogP contribution in [-0.4, -0.2) is 111 Å². The molecule has 5 atom stereocenters. The lowest BCUT2D eigenvalue weighted by atomic mass is 10.1. The Hall–Kier alpha value is -2.38. The smallest absolute Gasteiger partial charge is 0.361 e. The number of nitrogens with zero attached hydrogens (tertiary/aromatic N) is 7. The minimum atomic E-state index is -5.09. The van der Waals surface area contributed by atoms with Crippen molar-refractivity contribution in [2.75, 3.05) is 25.1 Å². The number of hydrogen-bond donors (Lipinski definition) is 5. The third-order valence-corrected chi connectivity index (χ3v) is 9.36. The maximum atomic E-state index is 12.5. The Kier molecular flexibility index (Phi) is 8.44. The second-order valence-corrected chi connectivity index (χ2v) is 13.4. The van der Waals surface area contributed by atoms with Gasteiger partial charge < -0.3 is 43.9 Å². The Bertz CT molecular complexity index is 1470. The molecule has 1 saturated carbocycles. The average molecular weight is 646 g/mol. The van der Waals surface area contributed by atoms with E-state index in [4.69, 9.17) is 35.3 Å². The van der Waals surface area contributed by atoms with Gasteiger partial charge in [-0.3, -0.25) is 4.57 Å². The number of fused-ring (bicyclic) bond motifs is 2. The molecule has 43 heavy (non-hydrogen) atoms. The van der Waals surface area contributed by atoms with Gasteiger partial charge in [0.1, 0.15) is 30.7 Å². The minimum absolute atomic E-state index is 0.0308. The van der Waals surface area contributed by atoms with Gasteiger partial charge in [-0.15, -0.1) is 10.2 Å². The quantitative estimate of drug-likeness (QED) is 0.136. The highest BCUT2D eigenvalue weighted by Crippen LogP contribution is 2.52. The summed E-state index contributed by atoms with van der Waals surface area (Å²) >= 11 is 6.32. The SMILES string of the molecule is CC1(C)O[C@@H]2[C@H](O1)[C@@H](CO[C@](CO)(COCc1nn[nH]n1)P(=O)(O)O)O[C@H]2n1ncc2c(NC3CCCC3)nc(Cl)nc21. The van der Waals surface area contributed by atoms with Gasteiger partial charge in [0.25, 0.3) is 0 Å². The van der Waals surface area contributed by atoms with Crippen LogP contribution in [0.15, 0.2) is 6.20 Å². The number of H-pyrrole nitrogens is 1. The second kappa shape index (κ2) is 11.8. The summed E-state index contributed by atoms with van der Waals surface area (Å²) in [6.07, 6.45) is 2.79. The van der Waals surface area contributed by atoms with Crippen LogP contribution in [0.4, 0.5) is 5.82 Å². The topological polar surface area (TPSA) is 234 Å². The lowest BCUT2D eigenvalue weighted by molar-refractivity contribution is -0.208. The van der Waals surface area contributed by atoms with E-state index in [-0.39, 0.29) is 23.8 Å². The van der Waals surface area contributed by atoms with E-state index in [1.54, 1.807) is 20.0 Å². The van der Waals surface area contributed by atoms with E-state index in [9.17, 15) is 19.5 Å². The number of anilines is 1. The highest BCUT2D eigenvalue weighted by atomic mass is 35.5. The van der Waals surface area contributed by atoms with Crippen LogP contribution in [0.25, 0.3) is 11.0 Å². The van der Waals surface area contributed by atoms with Crippen LogP contribution in [0.3, 0.4) is 0 Å². The van der Waals surface area contributed by atoms with Crippen molar-refractivity contribution < 1.29 is 43.1 Å². The third kappa shape index (κ3) is 6.13. The van der Waals surface area contributed by atoms with E-state index in [1.165, 1.54) is 4.68 Å². The summed E-state index contributed by atoms with van der Waals surface area (Å²) in [5, 5.41) is 29.5. The molecule has 18 nitrogen and oxygen atoms in total. The molecular formula is C23H33ClN9O9P. The van der Waals surface area contributed by atoms with Gasteiger partial charge in [0.2, 0.25) is 10.6 Å². The molecule has 0 radical (unpaired) electrons. The zero-order valence-corrected chi connectivity index (χ0v) is 25.0. The Labute approximate surface area is 249 Å². The van der Waals surface area contributed by atoms with Crippen LogP contribution < -0.4 is 5.32 Å². The summed E-state index contributed by atoms with van der Waals surface area (Å²) < 4.78 is 43.8. The van der Waals surface area contributed by atoms with Gasteiger partial charge in [-0.1, -0.05) is 18.1 Å². The highest BCUT2D eigenvalue weighted by molar-refractivity contribution is 7.53. The summed E-state index contributed by atoms with van der Waals surface area (Å²) in [5.41, 5.74) is 0.411. The van der Waals surface area contributed by atoms with Crippen molar-refractivity contribution in [1.82, 2.24) is 40.4 Å². The van der Waals surface area contributed by atoms with Crippen LogP contribution in [0.2, 0.25) is 5.28 Å². The van der Waals surface area contributed by atoms with Crippen molar-refractivity contribution in [2.24, 2.45) is 0 Å². The zero-order valence-electron chi connectivity index (χ0n) is 23.4. The first-order valence-electron chi connectivity index (χ1n) is 13.8. The van der Waals surface area contributed by atoms with Gasteiger partial charge in [0.15, 0.2) is 23.5 Å². The van der Waals surface area contributed by atoms with E-state index >= 15 is 0 Å². The van der Waals surface area contributed by atoms with E-state index in [2.05, 4.69) is 41.0 Å². The van der Waals surface area contributed by atoms with Crippen molar-refractivity contribution in [3.63, 3.8) is 0 Å². The molecule has 1 aliphatic carbocycles. The first kappa shape index (κ1) is 30.6. The van der Waals surface area contributed by atoms with Crippen molar-refractivity contribution >= 4 is 36.0 Å². The van der Waals surface area contributed by atoms with Crippen LogP contribution in [-0.2, 0) is 34.9 Å². The summed E-state index contributed by atoms with van der Waals surface area (Å²) in [5.74, 6) is -0.287. The van der Waals surface area contributed by atoms with Gasteiger partial charge >= 0.3 is 7.60 Å². The molecule has 3 aromatic rings. The van der Waals surface area contributed by atoms with E-state index in [0.29, 0.717) is 16.9 Å². The van der Waals surface area contributed by atoms with Gasteiger partial charge in [0, 0.05) is 6.04 Å². The molecule has 3 aliphatic rings. The highest BCUT2D eigenvalue weighted by Gasteiger charge is 2.58. The molecule has 20 heteroatoms. The van der Waals surface area contributed by atoms with Crippen molar-refractivity contribution in [3.8, 4) is 0 Å². The Morgan fingerprint density at radius 3 is 2.72 bits per heavy atom. The van der Waals surface area contributed by atoms with E-state index in [1.807, 2.05) is 0 Å². The fraction of sp³-hybridized carbons (Fsp3) is 0.739. The Balaban J connectivity index is 1.24. The van der Waals surface area contributed by atoms with Crippen molar-refractivity contribution in [1.29, 1.82) is 0 Å². The molecule has 2 aliphatic heterocycles. The van der Waals surface area contributed by atoms with Gasteiger partial charge in [-0.25, -0.2) is 4.68 Å². The largest absolute Gasteiger partial charge is 0.393 e. The number of aliphatic hydroxyl groups is 1. The molecule has 0 amide bonds. The number of tetrazole rings is 1. The van der Waals surface area contributed by atoms with Crippen LogP contribution in [0, 0.1) is 0 Å². The molecule has 5 N–H and O–H groups in total. The van der Waals surface area contributed by atoms with E-state index in [0.717, 1.165) is 25.7 Å². The molecule has 6 rings (SSSR count). The maximum Gasteiger partial charge on any atom is 0.361 e. The summed E-state index contributed by atoms with van der Waals surface area (Å²) in [6, 6.07) is 0.274. The molecule has 236 valence electrons. The average Bonchev–Trinajstić information content (AvgIpc) is 3.76. The lowest BCUT2D eigenvalue weighted by Gasteiger charge is -2.33. The molecule has 3 aromatic heterocycles. The van der Waals surface area contributed by atoms with Crippen LogP contribution >= 0.6 is 19.2 Å². The number of aromatic nitrogens is 8. The molecular weight excluding hydrogens is 613 g/mol. The molecule has 0 aromatic carbocycles. The summed E-state index contributed by atoms with van der Waals surface area (Å²) in [7, 11) is -5.09. The standard InChI is InChI=1S/C23H33ClN9O9P/c1-22(2)41-16-14(8-39-23(10-34,43(35,36)37)11-38-9-15-29-31-32-30-15)40-20(17(16)42-22)33-19-13(7-25-33)18(27-21(24)28-19)26-12-5-3-4-6-12/h7,12,14,16-17,20,34H,3-6,8-11H2,1-2H3,(H,26,27,28)(H2,35,36,37)(H,29,30,31,32)/t14-,16-,17-,20-,23+/m1/s1. The van der Waals surface area contributed by atoms with E-state index < -0.39 is 63.1 Å². The van der Waals surface area contributed by atoms with Crippen molar-refractivity contribution in [2.45, 2.75) is 87.8 Å². The molecule has 3 fully saturated rings. The number of aliphatic hydroxyl groups excluding tert-OH is 1. The van der Waals surface area contributed by atoms with Crippen LogP contribution in [0.1, 0.15) is 51.6 Å². The maximum absolute atomic E-state index is 12.5. The lowest BCUT2D eigenvalue weighted by Crippen LogP contribution is -2.45. The molecule has 0 bridgehead atoms. The minimum Gasteiger partial charge on any atom is -0.393 e. The molecule has 0 spiro atoms. The number of halogens is 1. The van der Waals surface area contributed by atoms with Gasteiger partial charge in [-0.05, 0) is 38.3 Å². The molecule has 2 saturated heterocycles. The zero-order chi connectivity index (χ0) is 30.4. The fourth-order valence-corrected chi connectivity index (χ4v) is 6.48. The molecule has 0 unspecified atom stereocenters. The number of nitrogens with one attached hydrogen (secondary N) is 2. The predicted molar refractivity (Wildman–Crippen MR) is 146 cm³/mol. The van der Waals surface area contributed by atoms with Gasteiger partial charge in [0.05, 0.1) is 31.4 Å². The predicted octanol–water partition coefficient (Wildman–Crippen LogP) is 0.864. The number of hydrogen-bond acceptors (Lipinski definition) is 14. The summed E-state index contributed by atoms with van der Waals surface area (Å²) in [4.78, 5) is 29.1. The summed E-state index contributed by atoms with van der Waals surface area (Å²) in [6.45, 7) is 1.14. The van der Waals surface area contributed by atoms with Crippen LogP contribution in [0.5, 0.6) is 0 Å². The third-order valence-electron chi connectivity index (χ3n) is 7.73. The Morgan fingerprint density at radius 2 is 2.02 bits per heavy atom. The number of ether oxygens (including phenoxy) is 5. The second-order valence-electron chi connectivity index (χ2n) is 11.2. The fourth-order valence-electron chi connectivity index (χ4n) is 5.62. The Morgan fingerprint density at radius 1 is 1.26 bits per heavy atom. The number of aromatic amines is 1. The molecule has 5 heterocycles. The monoisotopic (exact) mass is 645 g/mol. The normalized spacial score (nSPS) is 27.1. The number of rotatable bonds is 12. The first-order valence-corrected chi connectivity index (χ1v) is 15.8.